The van der Waals surface area contributed by atoms with Crippen LogP contribution < -0.4 is 5.32 Å². The second-order valence-corrected chi connectivity index (χ2v) is 9.54. The van der Waals surface area contributed by atoms with Crippen molar-refractivity contribution in [3.8, 4) is 0 Å². The van der Waals surface area contributed by atoms with E-state index in [-0.39, 0.29) is 31.0 Å². The van der Waals surface area contributed by atoms with Crippen molar-refractivity contribution < 1.29 is 22.0 Å². The number of halogens is 2. The summed E-state index contributed by atoms with van der Waals surface area (Å²) in [5, 5.41) is 3.12. The van der Waals surface area contributed by atoms with Crippen molar-refractivity contribution in [3.63, 3.8) is 0 Å². The topological polar surface area (TPSA) is 66.5 Å². The van der Waals surface area contributed by atoms with Gasteiger partial charge in [-0.2, -0.15) is 4.31 Å². The molecule has 2 aliphatic rings. The van der Waals surface area contributed by atoms with E-state index in [9.17, 15) is 22.0 Å². The third-order valence-corrected chi connectivity index (χ3v) is 7.69. The quantitative estimate of drug-likeness (QED) is 0.845. The average molecular weight is 400 g/mol. The van der Waals surface area contributed by atoms with Crippen molar-refractivity contribution in [1.29, 1.82) is 0 Å². The van der Waals surface area contributed by atoms with Crippen LogP contribution in [-0.2, 0) is 14.8 Å². The van der Waals surface area contributed by atoms with E-state index in [1.165, 1.54) is 6.42 Å². The first kappa shape index (κ1) is 20.2. The number of carbonyl (C=O) groups excluding carboxylic acids is 1. The zero-order valence-corrected chi connectivity index (χ0v) is 16.3. The minimum Gasteiger partial charge on any atom is -0.353 e. The Balaban J connectivity index is 1.61. The normalized spacial score (nSPS) is 25.3. The Morgan fingerprint density at radius 2 is 1.78 bits per heavy atom. The number of rotatable bonds is 4. The Bertz CT molecular complexity index is 792. The molecule has 1 saturated carbocycles. The predicted octanol–water partition coefficient (Wildman–Crippen LogP) is 3.06. The number of piperidine rings is 1. The van der Waals surface area contributed by atoms with Crippen molar-refractivity contribution in [3.05, 3.63) is 29.8 Å². The third-order valence-electron chi connectivity index (χ3n) is 5.77. The largest absolute Gasteiger partial charge is 0.353 e. The van der Waals surface area contributed by atoms with Crippen LogP contribution >= 0.6 is 0 Å². The summed E-state index contributed by atoms with van der Waals surface area (Å²) in [6.45, 7) is 2.39. The summed E-state index contributed by atoms with van der Waals surface area (Å²) >= 11 is 0. The van der Waals surface area contributed by atoms with Crippen LogP contribution in [0.25, 0.3) is 0 Å². The zero-order valence-electron chi connectivity index (χ0n) is 15.5. The highest BCUT2D eigenvalue weighted by atomic mass is 32.2. The Morgan fingerprint density at radius 3 is 2.44 bits per heavy atom. The van der Waals surface area contributed by atoms with E-state index in [0.29, 0.717) is 24.8 Å². The van der Waals surface area contributed by atoms with Gasteiger partial charge in [0.25, 0.3) is 0 Å². The van der Waals surface area contributed by atoms with Crippen LogP contribution in [0.1, 0.15) is 45.4 Å². The van der Waals surface area contributed by atoms with Crippen molar-refractivity contribution in [2.24, 2.45) is 11.8 Å². The molecule has 2 fully saturated rings. The first-order valence-electron chi connectivity index (χ1n) is 9.54. The highest BCUT2D eigenvalue weighted by Crippen LogP contribution is 2.28. The lowest BCUT2D eigenvalue weighted by Crippen LogP contribution is -2.47. The second-order valence-electron chi connectivity index (χ2n) is 7.63. The van der Waals surface area contributed by atoms with Crippen molar-refractivity contribution in [2.75, 3.05) is 13.1 Å². The summed E-state index contributed by atoms with van der Waals surface area (Å²) in [6, 6.07) is 2.59. The highest BCUT2D eigenvalue weighted by molar-refractivity contribution is 7.89. The van der Waals surface area contributed by atoms with E-state index >= 15 is 0 Å². The van der Waals surface area contributed by atoms with Gasteiger partial charge in [-0.1, -0.05) is 19.8 Å². The maximum atomic E-state index is 13.9. The van der Waals surface area contributed by atoms with Gasteiger partial charge in [0.2, 0.25) is 15.9 Å². The van der Waals surface area contributed by atoms with Gasteiger partial charge in [-0.15, -0.1) is 0 Å². The van der Waals surface area contributed by atoms with Gasteiger partial charge in [0.15, 0.2) is 0 Å². The highest BCUT2D eigenvalue weighted by Gasteiger charge is 2.34. The molecule has 0 spiro atoms. The van der Waals surface area contributed by atoms with Crippen LogP contribution in [0.3, 0.4) is 0 Å². The fourth-order valence-corrected chi connectivity index (χ4v) is 5.55. The summed E-state index contributed by atoms with van der Waals surface area (Å²) in [7, 11) is -4.11. The Kier molecular flexibility index (Phi) is 6.15. The van der Waals surface area contributed by atoms with Gasteiger partial charge >= 0.3 is 0 Å². The molecule has 1 saturated heterocycles. The van der Waals surface area contributed by atoms with Crippen LogP contribution in [0.5, 0.6) is 0 Å². The molecule has 5 nitrogen and oxygen atoms in total. The summed E-state index contributed by atoms with van der Waals surface area (Å²) in [4.78, 5) is 11.9. The molecule has 0 radical (unpaired) electrons. The molecule has 1 aliphatic heterocycles. The van der Waals surface area contributed by atoms with Crippen LogP contribution in [0.4, 0.5) is 8.78 Å². The van der Waals surface area contributed by atoms with Crippen LogP contribution in [0.2, 0.25) is 0 Å². The number of sulfonamides is 1. The summed E-state index contributed by atoms with van der Waals surface area (Å²) < 4.78 is 53.6. The molecule has 3 rings (SSSR count). The van der Waals surface area contributed by atoms with E-state index in [0.717, 1.165) is 35.7 Å². The molecular weight excluding hydrogens is 374 g/mol. The summed E-state index contributed by atoms with van der Waals surface area (Å²) in [5.41, 5.74) is 0. The third kappa shape index (κ3) is 4.48. The van der Waals surface area contributed by atoms with Crippen molar-refractivity contribution in [2.45, 2.75) is 56.4 Å². The molecule has 0 unspecified atom stereocenters. The van der Waals surface area contributed by atoms with Crippen LogP contribution in [0, 0.1) is 23.5 Å². The Hall–Kier alpha value is -1.54. The van der Waals surface area contributed by atoms with Crippen LogP contribution in [-0.4, -0.2) is 37.8 Å². The maximum absolute atomic E-state index is 13.9. The number of carbonyl (C=O) groups is 1. The monoisotopic (exact) mass is 400 g/mol. The fourth-order valence-electron chi connectivity index (χ4n) is 4.00. The molecule has 0 bridgehead atoms. The zero-order chi connectivity index (χ0) is 19.6. The smallest absolute Gasteiger partial charge is 0.246 e. The van der Waals surface area contributed by atoms with Gasteiger partial charge in [0.05, 0.1) is 0 Å². The molecule has 1 N–H and O–H groups in total. The fraction of sp³-hybridized carbons (Fsp3) is 0.632. The number of nitrogens with zero attached hydrogens (tertiary/aromatic N) is 1. The number of amides is 1. The minimum absolute atomic E-state index is 0.0252. The summed E-state index contributed by atoms with van der Waals surface area (Å²) in [5.74, 6) is -1.59. The molecule has 27 heavy (non-hydrogen) atoms. The molecule has 1 aromatic carbocycles. The number of hydrogen-bond donors (Lipinski definition) is 1. The predicted molar refractivity (Wildman–Crippen MR) is 97.4 cm³/mol. The van der Waals surface area contributed by atoms with E-state index in [2.05, 4.69) is 12.2 Å². The molecule has 8 heteroatoms. The van der Waals surface area contributed by atoms with Gasteiger partial charge in [0, 0.05) is 25.0 Å². The molecule has 1 aromatic rings. The lowest BCUT2D eigenvalue weighted by molar-refractivity contribution is -0.127. The van der Waals surface area contributed by atoms with Crippen molar-refractivity contribution in [1.82, 2.24) is 9.62 Å². The molecular formula is C19H26F2N2O3S. The van der Waals surface area contributed by atoms with E-state index in [1.807, 2.05) is 0 Å². The first-order valence-corrected chi connectivity index (χ1v) is 11.0. The van der Waals surface area contributed by atoms with Gasteiger partial charge in [0.1, 0.15) is 16.5 Å². The van der Waals surface area contributed by atoms with Crippen LogP contribution in [0.15, 0.2) is 23.1 Å². The lowest BCUT2D eigenvalue weighted by Gasteiger charge is -2.34. The molecule has 1 amide bonds. The molecule has 150 valence electrons. The molecule has 2 atom stereocenters. The van der Waals surface area contributed by atoms with Gasteiger partial charge in [-0.05, 0) is 49.8 Å². The SMILES string of the molecule is C[C@H]1CCCC[C@H]1NC(=O)C1CCN(S(=O)(=O)c2cc(F)ccc2F)CC1. The maximum Gasteiger partial charge on any atom is 0.246 e. The average Bonchev–Trinajstić information content (AvgIpc) is 2.65. The van der Waals surface area contributed by atoms with E-state index < -0.39 is 26.6 Å². The molecule has 1 aliphatic carbocycles. The second kappa shape index (κ2) is 8.22. The van der Waals surface area contributed by atoms with Gasteiger partial charge < -0.3 is 5.32 Å². The first-order chi connectivity index (χ1) is 12.8. The van der Waals surface area contributed by atoms with Crippen molar-refractivity contribution >= 4 is 15.9 Å². The standard InChI is InChI=1S/C19H26F2N2O3S/c1-13-4-2-3-5-17(13)22-19(24)14-8-10-23(11-9-14)27(25,26)18-12-15(20)6-7-16(18)21/h6-7,12-14,17H,2-5,8-11H2,1H3,(H,22,24)/t13-,17+/m0/s1. The van der Waals surface area contributed by atoms with Gasteiger partial charge in [-0.25, -0.2) is 17.2 Å². The summed E-state index contributed by atoms with van der Waals surface area (Å²) in [6.07, 6.45) is 5.16. The molecule has 0 aromatic heterocycles. The lowest BCUT2D eigenvalue weighted by atomic mass is 9.85. The Labute approximate surface area is 159 Å². The molecule has 1 heterocycles. The minimum atomic E-state index is -4.11. The van der Waals surface area contributed by atoms with E-state index in [1.54, 1.807) is 0 Å². The number of nitrogens with one attached hydrogen (secondary N) is 1. The Morgan fingerprint density at radius 1 is 1.11 bits per heavy atom. The number of hydrogen-bond acceptors (Lipinski definition) is 3. The number of benzene rings is 1. The van der Waals surface area contributed by atoms with Gasteiger partial charge in [-0.3, -0.25) is 4.79 Å². The van der Waals surface area contributed by atoms with E-state index in [4.69, 9.17) is 0 Å².